The molecule has 3 aromatic rings. The Bertz CT molecular complexity index is 1130. The summed E-state index contributed by atoms with van der Waals surface area (Å²) >= 11 is 1.31. The molecule has 2 aromatic heterocycles. The number of carboxylic acid groups (broad SMARTS) is 1. The molecule has 0 unspecified atom stereocenters. The molecule has 0 bridgehead atoms. The number of nitrogens with one attached hydrogen (secondary N) is 1. The molecule has 1 aromatic carbocycles. The maximum absolute atomic E-state index is 12.9. The predicted octanol–water partition coefficient (Wildman–Crippen LogP) is 4.82. The van der Waals surface area contributed by atoms with Gasteiger partial charge in [-0.15, -0.1) is 11.3 Å². The van der Waals surface area contributed by atoms with E-state index in [1.54, 1.807) is 24.4 Å². The number of halogens is 3. The van der Waals surface area contributed by atoms with Crippen molar-refractivity contribution in [2.24, 2.45) is 5.92 Å². The summed E-state index contributed by atoms with van der Waals surface area (Å²) in [4.78, 5) is 23.6. The smallest absolute Gasteiger partial charge is 0.433 e. The average molecular weight is 464 g/mol. The van der Waals surface area contributed by atoms with E-state index < -0.39 is 29.4 Å². The number of aromatic nitrogens is 3. The summed E-state index contributed by atoms with van der Waals surface area (Å²) in [5, 5.41) is 23.4. The van der Waals surface area contributed by atoms with Gasteiger partial charge in [0.05, 0.1) is 10.8 Å². The lowest BCUT2D eigenvalue weighted by molar-refractivity contribution is -0.145. The minimum Gasteiger partial charge on any atom is -0.481 e. The van der Waals surface area contributed by atoms with Crippen LogP contribution < -0.4 is 5.32 Å². The highest BCUT2D eigenvalue weighted by molar-refractivity contribution is 7.15. The van der Waals surface area contributed by atoms with Crippen molar-refractivity contribution in [2.45, 2.75) is 37.5 Å². The van der Waals surface area contributed by atoms with Gasteiger partial charge in [0.1, 0.15) is 16.3 Å². The molecule has 4 rings (SSSR count). The van der Waals surface area contributed by atoms with Gasteiger partial charge in [-0.05, 0) is 49.4 Å². The van der Waals surface area contributed by atoms with E-state index in [9.17, 15) is 23.1 Å². The highest BCUT2D eigenvalue weighted by Crippen LogP contribution is 2.42. The second-order valence-corrected chi connectivity index (χ2v) is 8.67. The molecule has 32 heavy (non-hydrogen) atoms. The number of thiazole rings is 1. The quantitative estimate of drug-likeness (QED) is 0.497. The second-order valence-electron chi connectivity index (χ2n) is 7.64. The number of benzene rings is 1. The maximum atomic E-state index is 12.9. The number of nitrogens with zero attached hydrogens (tertiary/aromatic N) is 3. The largest absolute Gasteiger partial charge is 0.481 e. The fourth-order valence-corrected chi connectivity index (χ4v) is 4.69. The van der Waals surface area contributed by atoms with Gasteiger partial charge in [-0.25, -0.2) is 15.0 Å². The Morgan fingerprint density at radius 3 is 2.62 bits per heavy atom. The van der Waals surface area contributed by atoms with E-state index in [1.807, 2.05) is 6.07 Å². The zero-order chi connectivity index (χ0) is 22.9. The van der Waals surface area contributed by atoms with Gasteiger partial charge in [-0.2, -0.15) is 13.2 Å². The maximum Gasteiger partial charge on any atom is 0.433 e. The van der Waals surface area contributed by atoms with E-state index in [-0.39, 0.29) is 5.95 Å². The lowest BCUT2D eigenvalue weighted by Crippen LogP contribution is -2.33. The molecule has 0 radical (unpaired) electrons. The summed E-state index contributed by atoms with van der Waals surface area (Å²) in [6, 6.07) is 7.76. The zero-order valence-corrected chi connectivity index (χ0v) is 17.5. The van der Waals surface area contributed by atoms with Crippen LogP contribution in [0, 0.1) is 5.92 Å². The lowest BCUT2D eigenvalue weighted by Gasteiger charge is -2.32. The number of alkyl halides is 3. The summed E-state index contributed by atoms with van der Waals surface area (Å²) in [5.74, 6) is -1.47. The van der Waals surface area contributed by atoms with E-state index in [0.717, 1.165) is 22.7 Å². The number of anilines is 2. The fourth-order valence-electron chi connectivity index (χ4n) is 3.64. The fraction of sp³-hybridized carbons (Fsp3) is 0.333. The molecular formula is C21H19F3N4O3S. The van der Waals surface area contributed by atoms with Crippen molar-refractivity contribution >= 4 is 28.9 Å². The SMILES string of the molecule is O=C(O)[C@H]1CC[C@](O)(c2ncc(-c3cccc(Nc4nccc(C(F)(F)F)n4)c3)s2)CC1. The monoisotopic (exact) mass is 464 g/mol. The van der Waals surface area contributed by atoms with Crippen molar-refractivity contribution in [1.82, 2.24) is 15.0 Å². The Morgan fingerprint density at radius 2 is 1.94 bits per heavy atom. The Kier molecular flexibility index (Phi) is 5.87. The van der Waals surface area contributed by atoms with Crippen LogP contribution in [0.1, 0.15) is 36.4 Å². The number of carbonyl (C=O) groups is 1. The van der Waals surface area contributed by atoms with Gasteiger partial charge < -0.3 is 15.5 Å². The first-order chi connectivity index (χ1) is 15.1. The van der Waals surface area contributed by atoms with Crippen LogP contribution in [0.15, 0.2) is 42.7 Å². The average Bonchev–Trinajstić information content (AvgIpc) is 3.25. The van der Waals surface area contributed by atoms with E-state index in [4.69, 9.17) is 5.11 Å². The first-order valence-electron chi connectivity index (χ1n) is 9.83. The van der Waals surface area contributed by atoms with Gasteiger partial charge in [0.2, 0.25) is 5.95 Å². The molecule has 0 aliphatic heterocycles. The molecule has 0 spiro atoms. The molecule has 168 valence electrons. The standard InChI is InChI=1S/C21H19F3N4O3S/c22-21(23,24)16-6-9-25-19(28-16)27-14-3-1-2-13(10-14)15-11-26-18(32-15)20(31)7-4-12(5-8-20)17(29)30/h1-3,6,9-12,31H,4-5,7-8H2,(H,29,30)(H,25,27,28)/t12-,20+. The first-order valence-corrected chi connectivity index (χ1v) is 10.6. The number of hydrogen-bond acceptors (Lipinski definition) is 7. The Balaban J connectivity index is 1.51. The van der Waals surface area contributed by atoms with Crippen LogP contribution in [0.4, 0.5) is 24.8 Å². The summed E-state index contributed by atoms with van der Waals surface area (Å²) in [6.07, 6.45) is -0.479. The minimum atomic E-state index is -4.57. The van der Waals surface area contributed by atoms with Crippen molar-refractivity contribution in [1.29, 1.82) is 0 Å². The van der Waals surface area contributed by atoms with Gasteiger partial charge in [-0.3, -0.25) is 4.79 Å². The van der Waals surface area contributed by atoms with Gasteiger partial charge in [-0.1, -0.05) is 12.1 Å². The Morgan fingerprint density at radius 1 is 1.19 bits per heavy atom. The van der Waals surface area contributed by atoms with E-state index in [0.29, 0.717) is 36.4 Å². The van der Waals surface area contributed by atoms with Crippen molar-refractivity contribution in [3.8, 4) is 10.4 Å². The van der Waals surface area contributed by atoms with Crippen LogP contribution in [-0.4, -0.2) is 31.1 Å². The van der Waals surface area contributed by atoms with Crippen LogP contribution in [0.5, 0.6) is 0 Å². The van der Waals surface area contributed by atoms with Crippen LogP contribution >= 0.6 is 11.3 Å². The third-order valence-electron chi connectivity index (χ3n) is 5.42. The second kappa shape index (κ2) is 8.47. The molecule has 1 saturated carbocycles. The van der Waals surface area contributed by atoms with Gasteiger partial charge in [0, 0.05) is 18.1 Å². The van der Waals surface area contributed by atoms with E-state index in [2.05, 4.69) is 20.3 Å². The van der Waals surface area contributed by atoms with E-state index >= 15 is 0 Å². The molecule has 0 atom stereocenters. The molecule has 1 aliphatic carbocycles. The summed E-state index contributed by atoms with van der Waals surface area (Å²) < 4.78 is 38.6. The topological polar surface area (TPSA) is 108 Å². The number of carboxylic acids is 1. The number of aliphatic carboxylic acids is 1. The van der Waals surface area contributed by atoms with Gasteiger partial charge >= 0.3 is 12.1 Å². The molecule has 0 saturated heterocycles. The Labute approximate surface area is 185 Å². The van der Waals surface area contributed by atoms with Crippen molar-refractivity contribution in [3.05, 3.63) is 53.4 Å². The highest BCUT2D eigenvalue weighted by atomic mass is 32.1. The number of rotatable bonds is 5. The van der Waals surface area contributed by atoms with Crippen LogP contribution in [0.2, 0.25) is 0 Å². The van der Waals surface area contributed by atoms with Crippen molar-refractivity contribution in [3.63, 3.8) is 0 Å². The summed E-state index contributed by atoms with van der Waals surface area (Å²) in [7, 11) is 0. The van der Waals surface area contributed by atoms with Crippen LogP contribution in [0.25, 0.3) is 10.4 Å². The minimum absolute atomic E-state index is 0.175. The van der Waals surface area contributed by atoms with Crippen LogP contribution in [-0.2, 0) is 16.6 Å². The molecule has 3 N–H and O–H groups in total. The highest BCUT2D eigenvalue weighted by Gasteiger charge is 2.39. The predicted molar refractivity (Wildman–Crippen MR) is 111 cm³/mol. The molecule has 7 nitrogen and oxygen atoms in total. The normalized spacial score (nSPS) is 21.3. The van der Waals surface area contributed by atoms with Gasteiger partial charge in [0.25, 0.3) is 0 Å². The molecule has 11 heteroatoms. The van der Waals surface area contributed by atoms with Crippen molar-refractivity contribution < 1.29 is 28.2 Å². The van der Waals surface area contributed by atoms with Crippen LogP contribution in [0.3, 0.4) is 0 Å². The van der Waals surface area contributed by atoms with E-state index in [1.165, 1.54) is 11.3 Å². The molecule has 2 heterocycles. The van der Waals surface area contributed by atoms with Crippen molar-refractivity contribution in [2.75, 3.05) is 5.32 Å². The molecule has 1 aliphatic rings. The summed E-state index contributed by atoms with van der Waals surface area (Å²) in [5.41, 5.74) is -0.938. The first kappa shape index (κ1) is 22.2. The Hall–Kier alpha value is -3.05. The number of hydrogen-bond donors (Lipinski definition) is 3. The third-order valence-corrected chi connectivity index (χ3v) is 6.65. The number of aliphatic hydroxyl groups is 1. The molecular weight excluding hydrogens is 445 g/mol. The van der Waals surface area contributed by atoms with Gasteiger partial charge in [0.15, 0.2) is 0 Å². The summed E-state index contributed by atoms with van der Waals surface area (Å²) in [6.45, 7) is 0. The zero-order valence-electron chi connectivity index (χ0n) is 16.6. The molecule has 0 amide bonds. The molecule has 1 fully saturated rings. The lowest BCUT2D eigenvalue weighted by atomic mass is 9.79. The third kappa shape index (κ3) is 4.73.